The van der Waals surface area contributed by atoms with Gasteiger partial charge in [-0.15, -0.1) is 11.3 Å². The smallest absolute Gasteiger partial charge is 0.355 e. The summed E-state index contributed by atoms with van der Waals surface area (Å²) in [7, 11) is 0. The summed E-state index contributed by atoms with van der Waals surface area (Å²) in [6.07, 6.45) is 0. The number of aromatic carboxylic acids is 1. The molecule has 0 saturated carbocycles. The first-order valence-corrected chi connectivity index (χ1v) is 5.91. The minimum absolute atomic E-state index is 0.244. The molecule has 104 valence electrons. The number of benzene rings is 1. The lowest BCUT2D eigenvalue weighted by Crippen LogP contribution is -2.14. The molecule has 0 spiro atoms. The number of amides is 1. The molecule has 0 unspecified atom stereocenters. The van der Waals surface area contributed by atoms with Crippen molar-refractivity contribution >= 4 is 28.9 Å². The van der Waals surface area contributed by atoms with E-state index in [0.717, 1.165) is 16.7 Å². The number of carboxylic acid groups (broad SMARTS) is 1. The molecule has 1 heterocycles. The van der Waals surface area contributed by atoms with Crippen LogP contribution in [0.3, 0.4) is 0 Å². The zero-order valence-electron chi connectivity index (χ0n) is 9.49. The van der Waals surface area contributed by atoms with Crippen LogP contribution in [0.2, 0.25) is 0 Å². The monoisotopic (exact) mass is 302 g/mol. The summed E-state index contributed by atoms with van der Waals surface area (Å²) in [5.41, 5.74) is -0.910. The van der Waals surface area contributed by atoms with E-state index in [4.69, 9.17) is 5.11 Å². The predicted octanol–water partition coefficient (Wildman–Crippen LogP) is 2.51. The largest absolute Gasteiger partial charge is 0.476 e. The third kappa shape index (κ3) is 2.77. The van der Waals surface area contributed by atoms with Gasteiger partial charge in [0.25, 0.3) is 5.91 Å². The van der Waals surface area contributed by atoms with Crippen molar-refractivity contribution in [1.29, 1.82) is 0 Å². The summed E-state index contributed by atoms with van der Waals surface area (Å²) in [6.45, 7) is 0. The average molecular weight is 302 g/mol. The number of nitrogens with one attached hydrogen (secondary N) is 1. The number of hydrogen-bond acceptors (Lipinski definition) is 4. The number of aromatic nitrogens is 1. The van der Waals surface area contributed by atoms with E-state index in [1.54, 1.807) is 0 Å². The SMILES string of the molecule is O=C(O)c1csc(C(=O)Nc2cc(F)c(F)cc2F)n1. The Morgan fingerprint density at radius 1 is 1.15 bits per heavy atom. The molecule has 9 heteroatoms. The molecular formula is C11H5F3N2O3S. The molecule has 0 fully saturated rings. The first-order valence-electron chi connectivity index (χ1n) is 5.03. The van der Waals surface area contributed by atoms with Gasteiger partial charge in [0.15, 0.2) is 22.3 Å². The standard InChI is InChI=1S/C11H5F3N2O3S/c12-4-1-6(14)7(2-5(4)13)15-9(17)10-16-8(3-20-10)11(18)19/h1-3H,(H,15,17)(H,18,19). The van der Waals surface area contributed by atoms with Crippen molar-refractivity contribution in [3.05, 3.63) is 45.7 Å². The Morgan fingerprint density at radius 3 is 2.40 bits per heavy atom. The molecule has 1 amide bonds. The minimum Gasteiger partial charge on any atom is -0.476 e. The van der Waals surface area contributed by atoms with E-state index in [0.29, 0.717) is 6.07 Å². The number of halogens is 3. The van der Waals surface area contributed by atoms with Gasteiger partial charge in [0, 0.05) is 17.5 Å². The van der Waals surface area contributed by atoms with Crippen molar-refractivity contribution in [1.82, 2.24) is 4.98 Å². The first kappa shape index (κ1) is 14.0. The van der Waals surface area contributed by atoms with Crippen LogP contribution in [-0.4, -0.2) is 22.0 Å². The molecule has 0 atom stereocenters. The Hall–Kier alpha value is -2.42. The molecule has 1 aromatic heterocycles. The molecule has 0 aliphatic heterocycles. The van der Waals surface area contributed by atoms with Crippen LogP contribution in [0.5, 0.6) is 0 Å². The molecule has 0 saturated heterocycles. The van der Waals surface area contributed by atoms with E-state index in [2.05, 4.69) is 4.98 Å². The number of hydrogen-bond donors (Lipinski definition) is 2. The number of carboxylic acids is 1. The number of anilines is 1. The van der Waals surface area contributed by atoms with E-state index in [1.807, 2.05) is 5.32 Å². The van der Waals surface area contributed by atoms with Crippen LogP contribution in [0, 0.1) is 17.5 Å². The number of thiazole rings is 1. The van der Waals surface area contributed by atoms with E-state index >= 15 is 0 Å². The van der Waals surface area contributed by atoms with Crippen molar-refractivity contribution in [2.45, 2.75) is 0 Å². The van der Waals surface area contributed by atoms with E-state index in [1.165, 1.54) is 0 Å². The van der Waals surface area contributed by atoms with E-state index in [9.17, 15) is 22.8 Å². The lowest BCUT2D eigenvalue weighted by atomic mass is 10.3. The second-order valence-electron chi connectivity index (χ2n) is 3.54. The molecule has 20 heavy (non-hydrogen) atoms. The van der Waals surface area contributed by atoms with Crippen LogP contribution in [0.15, 0.2) is 17.5 Å². The van der Waals surface area contributed by atoms with Crippen molar-refractivity contribution in [2.75, 3.05) is 5.32 Å². The molecule has 2 rings (SSSR count). The fraction of sp³-hybridized carbons (Fsp3) is 0. The summed E-state index contributed by atoms with van der Waals surface area (Å²) in [6, 6.07) is 0.768. The highest BCUT2D eigenvalue weighted by Crippen LogP contribution is 2.20. The second kappa shape index (κ2) is 5.29. The zero-order valence-corrected chi connectivity index (χ0v) is 10.3. The Kier molecular flexibility index (Phi) is 3.70. The number of carbonyl (C=O) groups is 2. The van der Waals surface area contributed by atoms with Crippen LogP contribution in [0.25, 0.3) is 0 Å². The molecule has 1 aromatic carbocycles. The normalized spacial score (nSPS) is 10.3. The molecule has 0 aliphatic carbocycles. The van der Waals surface area contributed by atoms with Gasteiger partial charge in [0.05, 0.1) is 5.69 Å². The quantitative estimate of drug-likeness (QED) is 0.854. The van der Waals surface area contributed by atoms with Crippen LogP contribution in [0.1, 0.15) is 20.3 Å². The maximum absolute atomic E-state index is 13.3. The van der Waals surface area contributed by atoms with Gasteiger partial charge < -0.3 is 10.4 Å². The highest BCUT2D eigenvalue weighted by atomic mass is 32.1. The van der Waals surface area contributed by atoms with Crippen molar-refractivity contribution < 1.29 is 27.9 Å². The maximum Gasteiger partial charge on any atom is 0.355 e. The van der Waals surface area contributed by atoms with Gasteiger partial charge in [-0.05, 0) is 0 Å². The third-order valence-corrected chi connectivity index (χ3v) is 3.02. The molecule has 5 nitrogen and oxygen atoms in total. The third-order valence-electron chi connectivity index (χ3n) is 2.18. The Bertz CT molecular complexity index is 702. The number of rotatable bonds is 3. The second-order valence-corrected chi connectivity index (χ2v) is 4.40. The molecule has 2 N–H and O–H groups in total. The lowest BCUT2D eigenvalue weighted by Gasteiger charge is -2.05. The van der Waals surface area contributed by atoms with Crippen molar-refractivity contribution in [2.24, 2.45) is 0 Å². The summed E-state index contributed by atoms with van der Waals surface area (Å²) in [5, 5.41) is 11.5. The Labute approximate surface area is 113 Å². The zero-order chi connectivity index (χ0) is 14.9. The van der Waals surface area contributed by atoms with Gasteiger partial charge in [-0.25, -0.2) is 22.9 Å². The highest BCUT2D eigenvalue weighted by Gasteiger charge is 2.17. The molecule has 0 aliphatic rings. The molecule has 0 radical (unpaired) electrons. The van der Waals surface area contributed by atoms with E-state index in [-0.39, 0.29) is 16.8 Å². The predicted molar refractivity (Wildman–Crippen MR) is 63.3 cm³/mol. The van der Waals surface area contributed by atoms with Crippen molar-refractivity contribution in [3.63, 3.8) is 0 Å². The molecule has 2 aromatic rings. The Morgan fingerprint density at radius 2 is 1.80 bits per heavy atom. The lowest BCUT2D eigenvalue weighted by molar-refractivity contribution is 0.0691. The van der Waals surface area contributed by atoms with Crippen LogP contribution >= 0.6 is 11.3 Å². The Balaban J connectivity index is 2.23. The van der Waals surface area contributed by atoms with Gasteiger partial charge in [-0.2, -0.15) is 0 Å². The van der Waals surface area contributed by atoms with Gasteiger partial charge in [0.2, 0.25) is 0 Å². The number of nitrogens with zero attached hydrogens (tertiary/aromatic N) is 1. The fourth-order valence-electron chi connectivity index (χ4n) is 1.27. The summed E-state index contributed by atoms with van der Waals surface area (Å²) >= 11 is 0.724. The highest BCUT2D eigenvalue weighted by molar-refractivity contribution is 7.12. The molecule has 0 bridgehead atoms. The van der Waals surface area contributed by atoms with Crippen LogP contribution in [-0.2, 0) is 0 Å². The van der Waals surface area contributed by atoms with E-state index < -0.39 is 35.0 Å². The van der Waals surface area contributed by atoms with Crippen LogP contribution < -0.4 is 5.32 Å². The average Bonchev–Trinajstić information content (AvgIpc) is 2.85. The molecular weight excluding hydrogens is 297 g/mol. The van der Waals surface area contributed by atoms with Crippen LogP contribution in [0.4, 0.5) is 18.9 Å². The summed E-state index contributed by atoms with van der Waals surface area (Å²) in [5.74, 6) is -6.12. The number of carbonyl (C=O) groups excluding carboxylic acids is 1. The van der Waals surface area contributed by atoms with Gasteiger partial charge in [-0.3, -0.25) is 4.79 Å². The van der Waals surface area contributed by atoms with Gasteiger partial charge >= 0.3 is 5.97 Å². The van der Waals surface area contributed by atoms with Crippen molar-refractivity contribution in [3.8, 4) is 0 Å². The fourth-order valence-corrected chi connectivity index (χ4v) is 1.96. The first-order chi connectivity index (χ1) is 9.38. The maximum atomic E-state index is 13.3. The topological polar surface area (TPSA) is 79.3 Å². The van der Waals surface area contributed by atoms with Gasteiger partial charge in [0.1, 0.15) is 5.82 Å². The summed E-state index contributed by atoms with van der Waals surface area (Å²) < 4.78 is 39.0. The van der Waals surface area contributed by atoms with Gasteiger partial charge in [-0.1, -0.05) is 0 Å². The minimum atomic E-state index is -1.39. The summed E-state index contributed by atoms with van der Waals surface area (Å²) in [4.78, 5) is 25.7.